The zero-order valence-electron chi connectivity index (χ0n) is 12.4. The molecular formula is C16H24ClFN2O. The molecule has 1 aromatic rings. The number of benzene rings is 1. The molecule has 0 amide bonds. The monoisotopic (exact) mass is 314 g/mol. The van der Waals surface area contributed by atoms with Gasteiger partial charge in [0.15, 0.2) is 0 Å². The number of hydrogen-bond acceptors (Lipinski definition) is 3. The second-order valence-corrected chi connectivity index (χ2v) is 5.96. The first-order valence-electron chi connectivity index (χ1n) is 7.58. The quantitative estimate of drug-likeness (QED) is 0.899. The molecule has 118 valence electrons. The minimum atomic E-state index is -0.158. The van der Waals surface area contributed by atoms with E-state index in [1.807, 2.05) is 19.1 Å². The van der Waals surface area contributed by atoms with E-state index < -0.39 is 0 Å². The van der Waals surface area contributed by atoms with Crippen LogP contribution in [0, 0.1) is 18.7 Å². The lowest BCUT2D eigenvalue weighted by Crippen LogP contribution is -2.49. The Hall–Kier alpha value is -0.840. The van der Waals surface area contributed by atoms with Gasteiger partial charge in [0.25, 0.3) is 0 Å². The van der Waals surface area contributed by atoms with E-state index >= 15 is 0 Å². The van der Waals surface area contributed by atoms with Crippen LogP contribution in [0.1, 0.15) is 24.8 Å². The molecule has 3 nitrogen and oxygen atoms in total. The summed E-state index contributed by atoms with van der Waals surface area (Å²) in [5.41, 5.74) is 1.72. The number of aryl methyl sites for hydroxylation is 1. The molecule has 3 unspecified atom stereocenters. The van der Waals surface area contributed by atoms with Gasteiger partial charge in [0, 0.05) is 18.6 Å². The molecular weight excluding hydrogens is 291 g/mol. The molecule has 2 N–H and O–H groups in total. The third-order valence-corrected chi connectivity index (χ3v) is 4.50. The summed E-state index contributed by atoms with van der Waals surface area (Å²) in [6.45, 7) is 4.49. The first kappa shape index (κ1) is 16.5. The lowest BCUT2D eigenvalue weighted by molar-refractivity contribution is 0.0559. The van der Waals surface area contributed by atoms with Gasteiger partial charge in [-0.15, -0.1) is 12.4 Å². The standard InChI is InChI=1S/C16H23FN2O.ClH/c1-11-5-6-13(17)15(9-11)19-14-4-2-3-12(14)16-10-20-8-7-18-16;/h5-6,9,12,14,16,18-19H,2-4,7-8,10H2,1H3;1H. The van der Waals surface area contributed by atoms with Crippen LogP contribution in [0.25, 0.3) is 0 Å². The van der Waals surface area contributed by atoms with Gasteiger partial charge in [-0.25, -0.2) is 4.39 Å². The summed E-state index contributed by atoms with van der Waals surface area (Å²) in [6, 6.07) is 5.99. The van der Waals surface area contributed by atoms with Gasteiger partial charge in [-0.1, -0.05) is 12.5 Å². The number of ether oxygens (including phenoxy) is 1. The molecule has 3 atom stereocenters. The van der Waals surface area contributed by atoms with Crippen LogP contribution in [0.3, 0.4) is 0 Å². The van der Waals surface area contributed by atoms with Crippen molar-refractivity contribution < 1.29 is 9.13 Å². The van der Waals surface area contributed by atoms with Gasteiger partial charge in [0.05, 0.1) is 18.9 Å². The Morgan fingerprint density at radius 3 is 2.95 bits per heavy atom. The summed E-state index contributed by atoms with van der Waals surface area (Å²) in [5.74, 6) is 0.365. The summed E-state index contributed by atoms with van der Waals surface area (Å²) in [4.78, 5) is 0. The van der Waals surface area contributed by atoms with Crippen molar-refractivity contribution in [1.29, 1.82) is 0 Å². The number of rotatable bonds is 3. The van der Waals surface area contributed by atoms with Crippen molar-refractivity contribution in [3.05, 3.63) is 29.6 Å². The summed E-state index contributed by atoms with van der Waals surface area (Å²) in [6.07, 6.45) is 3.50. The molecule has 0 spiro atoms. The Bertz CT molecular complexity index is 466. The second-order valence-electron chi connectivity index (χ2n) is 5.96. The fourth-order valence-corrected chi connectivity index (χ4v) is 3.46. The highest BCUT2D eigenvalue weighted by Gasteiger charge is 2.34. The molecule has 1 saturated heterocycles. The fraction of sp³-hybridized carbons (Fsp3) is 0.625. The Balaban J connectivity index is 0.00000161. The third-order valence-electron chi connectivity index (χ3n) is 4.50. The lowest BCUT2D eigenvalue weighted by Gasteiger charge is -2.33. The SMILES string of the molecule is Cc1ccc(F)c(NC2CCCC2C2COCCN2)c1.Cl. The molecule has 5 heteroatoms. The summed E-state index contributed by atoms with van der Waals surface area (Å²) in [5, 5.41) is 6.97. The predicted octanol–water partition coefficient (Wildman–Crippen LogP) is 3.12. The van der Waals surface area contributed by atoms with Crippen LogP contribution in [-0.2, 0) is 4.74 Å². The first-order chi connectivity index (χ1) is 9.74. The number of morpholine rings is 1. The Kier molecular flexibility index (Phi) is 5.85. The van der Waals surface area contributed by atoms with Gasteiger partial charge < -0.3 is 15.4 Å². The van der Waals surface area contributed by atoms with Crippen LogP contribution in [-0.4, -0.2) is 31.8 Å². The van der Waals surface area contributed by atoms with Crippen molar-refractivity contribution >= 4 is 18.1 Å². The summed E-state index contributed by atoms with van der Waals surface area (Å²) >= 11 is 0. The average molecular weight is 315 g/mol. The predicted molar refractivity (Wildman–Crippen MR) is 85.7 cm³/mol. The maximum absolute atomic E-state index is 13.9. The van der Waals surface area contributed by atoms with E-state index in [0.29, 0.717) is 23.7 Å². The van der Waals surface area contributed by atoms with Crippen LogP contribution in [0.4, 0.5) is 10.1 Å². The average Bonchev–Trinajstić information content (AvgIpc) is 2.92. The molecule has 1 heterocycles. The first-order valence-corrected chi connectivity index (χ1v) is 7.58. The minimum absolute atomic E-state index is 0. The molecule has 0 bridgehead atoms. The van der Waals surface area contributed by atoms with E-state index in [2.05, 4.69) is 10.6 Å². The molecule has 1 aromatic carbocycles. The molecule has 0 radical (unpaired) electrons. The maximum atomic E-state index is 13.9. The highest BCUT2D eigenvalue weighted by molar-refractivity contribution is 5.85. The number of nitrogens with one attached hydrogen (secondary N) is 2. The topological polar surface area (TPSA) is 33.3 Å². The van der Waals surface area contributed by atoms with E-state index in [9.17, 15) is 4.39 Å². The Labute approximate surface area is 132 Å². The van der Waals surface area contributed by atoms with Crippen molar-refractivity contribution in [2.75, 3.05) is 25.1 Å². The lowest BCUT2D eigenvalue weighted by atomic mass is 9.93. The molecule has 21 heavy (non-hydrogen) atoms. The maximum Gasteiger partial charge on any atom is 0.146 e. The largest absolute Gasteiger partial charge is 0.380 e. The van der Waals surface area contributed by atoms with Gasteiger partial charge in [0.2, 0.25) is 0 Å². The minimum Gasteiger partial charge on any atom is -0.380 e. The highest BCUT2D eigenvalue weighted by Crippen LogP contribution is 2.32. The normalized spacial score (nSPS) is 29.0. The van der Waals surface area contributed by atoms with E-state index in [0.717, 1.165) is 31.7 Å². The van der Waals surface area contributed by atoms with E-state index in [1.165, 1.54) is 12.8 Å². The number of hydrogen-bond donors (Lipinski definition) is 2. The second kappa shape index (κ2) is 7.43. The fourth-order valence-electron chi connectivity index (χ4n) is 3.46. The van der Waals surface area contributed by atoms with Gasteiger partial charge >= 0.3 is 0 Å². The molecule has 0 aromatic heterocycles. The van der Waals surface area contributed by atoms with Crippen LogP contribution in [0.5, 0.6) is 0 Å². The smallest absolute Gasteiger partial charge is 0.146 e. The third kappa shape index (κ3) is 3.87. The van der Waals surface area contributed by atoms with Crippen LogP contribution in [0.2, 0.25) is 0 Å². The van der Waals surface area contributed by atoms with E-state index in [1.54, 1.807) is 6.07 Å². The molecule has 1 saturated carbocycles. The van der Waals surface area contributed by atoms with E-state index in [-0.39, 0.29) is 18.2 Å². The van der Waals surface area contributed by atoms with Crippen molar-refractivity contribution in [2.45, 2.75) is 38.3 Å². The van der Waals surface area contributed by atoms with Gasteiger partial charge in [0.1, 0.15) is 5.82 Å². The van der Waals surface area contributed by atoms with Crippen LogP contribution >= 0.6 is 12.4 Å². The number of anilines is 1. The van der Waals surface area contributed by atoms with Crippen molar-refractivity contribution in [3.8, 4) is 0 Å². The molecule has 1 aliphatic carbocycles. The molecule has 2 aliphatic rings. The van der Waals surface area contributed by atoms with Crippen LogP contribution < -0.4 is 10.6 Å². The number of halogens is 2. The molecule has 1 aliphatic heterocycles. The molecule has 2 fully saturated rings. The zero-order valence-corrected chi connectivity index (χ0v) is 13.2. The zero-order chi connectivity index (χ0) is 13.9. The van der Waals surface area contributed by atoms with E-state index in [4.69, 9.17) is 4.74 Å². The van der Waals surface area contributed by atoms with Gasteiger partial charge in [-0.05, 0) is 43.4 Å². The van der Waals surface area contributed by atoms with Crippen LogP contribution in [0.15, 0.2) is 18.2 Å². The Morgan fingerprint density at radius 2 is 2.19 bits per heavy atom. The van der Waals surface area contributed by atoms with Gasteiger partial charge in [-0.3, -0.25) is 0 Å². The summed E-state index contributed by atoms with van der Waals surface area (Å²) < 4.78 is 19.5. The van der Waals surface area contributed by atoms with Crippen molar-refractivity contribution in [3.63, 3.8) is 0 Å². The van der Waals surface area contributed by atoms with Crippen molar-refractivity contribution in [1.82, 2.24) is 5.32 Å². The summed E-state index contributed by atoms with van der Waals surface area (Å²) in [7, 11) is 0. The van der Waals surface area contributed by atoms with Crippen molar-refractivity contribution in [2.24, 2.45) is 5.92 Å². The Morgan fingerprint density at radius 1 is 1.33 bits per heavy atom. The van der Waals surface area contributed by atoms with Gasteiger partial charge in [-0.2, -0.15) is 0 Å². The highest BCUT2D eigenvalue weighted by atomic mass is 35.5. The molecule has 3 rings (SSSR count).